The molecule has 0 atom stereocenters. The van der Waals surface area contributed by atoms with Gasteiger partial charge in [0.05, 0.1) is 30.0 Å². The number of nitrogens with zero attached hydrogens (tertiary/aromatic N) is 2. The molecule has 0 aliphatic heterocycles. The predicted octanol–water partition coefficient (Wildman–Crippen LogP) is 5.82. The van der Waals surface area contributed by atoms with E-state index in [0.717, 1.165) is 17.6 Å². The molecule has 0 aromatic heterocycles. The first-order valence-electron chi connectivity index (χ1n) is 9.55. The number of aromatic carboxylic acids is 1. The molecule has 1 N–H and O–H groups in total. The van der Waals surface area contributed by atoms with Gasteiger partial charge in [-0.1, -0.05) is 26.0 Å². The number of benzene rings is 2. The quantitative estimate of drug-likeness (QED) is 0.496. The molecular formula is C23H24N2O4. The van der Waals surface area contributed by atoms with E-state index in [1.807, 2.05) is 18.2 Å². The molecule has 6 heteroatoms. The fourth-order valence-corrected chi connectivity index (χ4v) is 3.37. The fraction of sp³-hybridized carbons (Fsp3) is 0.304. The van der Waals surface area contributed by atoms with Crippen molar-refractivity contribution in [1.82, 2.24) is 0 Å². The third kappa shape index (κ3) is 4.77. The van der Waals surface area contributed by atoms with Crippen LogP contribution in [0.2, 0.25) is 0 Å². The summed E-state index contributed by atoms with van der Waals surface area (Å²) in [5.41, 5.74) is 4.51. The molecule has 3 rings (SSSR count). The molecule has 2 aromatic rings. The number of carbonyl (C=O) groups is 2. The Morgan fingerprint density at radius 1 is 1.07 bits per heavy atom. The molecule has 0 unspecified atom stereocenters. The molecule has 1 aliphatic rings. The molecule has 0 heterocycles. The fourth-order valence-electron chi connectivity index (χ4n) is 3.37. The van der Waals surface area contributed by atoms with Gasteiger partial charge in [0.2, 0.25) is 0 Å². The second kappa shape index (κ2) is 8.39. The highest BCUT2D eigenvalue weighted by Gasteiger charge is 2.29. The third-order valence-corrected chi connectivity index (χ3v) is 4.97. The molecule has 0 saturated heterocycles. The van der Waals surface area contributed by atoms with Crippen LogP contribution in [0.5, 0.6) is 0 Å². The van der Waals surface area contributed by atoms with Gasteiger partial charge in [-0.2, -0.15) is 10.2 Å². The smallest absolute Gasteiger partial charge is 0.335 e. The van der Waals surface area contributed by atoms with Gasteiger partial charge in [-0.15, -0.1) is 0 Å². The minimum Gasteiger partial charge on any atom is -0.478 e. The maximum Gasteiger partial charge on any atom is 0.335 e. The lowest BCUT2D eigenvalue weighted by atomic mass is 9.73. The standard InChI is InChI=1S/C23H24N2O4/c1-4-29-21(26)13-16-11-12-23(2,3)20-10-9-18(14-19(16)20)25-24-17-7-5-15(6-8-17)22(27)28/h5-11,14H,4,12-13H2,1-3H3,(H,27,28). The number of carboxylic acid groups (broad SMARTS) is 1. The van der Waals surface area contributed by atoms with Crippen molar-refractivity contribution in [3.8, 4) is 0 Å². The second-order valence-electron chi connectivity index (χ2n) is 7.58. The Labute approximate surface area is 169 Å². The first kappa shape index (κ1) is 20.5. The summed E-state index contributed by atoms with van der Waals surface area (Å²) in [4.78, 5) is 22.9. The van der Waals surface area contributed by atoms with Gasteiger partial charge in [-0.25, -0.2) is 4.79 Å². The highest BCUT2D eigenvalue weighted by atomic mass is 16.5. The number of carboxylic acids is 1. The zero-order valence-corrected chi connectivity index (χ0v) is 16.8. The minimum absolute atomic E-state index is 0.0319. The van der Waals surface area contributed by atoms with E-state index >= 15 is 0 Å². The van der Waals surface area contributed by atoms with Crippen molar-refractivity contribution in [2.75, 3.05) is 6.61 Å². The SMILES string of the molecule is CCOC(=O)CC1=CCC(C)(C)c2ccc(N=Nc3ccc(C(=O)O)cc3)cc21. The van der Waals surface area contributed by atoms with E-state index in [2.05, 4.69) is 30.2 Å². The average Bonchev–Trinajstić information content (AvgIpc) is 2.69. The van der Waals surface area contributed by atoms with E-state index in [-0.39, 0.29) is 23.4 Å². The van der Waals surface area contributed by atoms with Gasteiger partial charge in [0.1, 0.15) is 0 Å². The minimum atomic E-state index is -0.980. The van der Waals surface area contributed by atoms with E-state index in [4.69, 9.17) is 9.84 Å². The maximum atomic E-state index is 12.0. The van der Waals surface area contributed by atoms with E-state index in [1.54, 1.807) is 19.1 Å². The number of esters is 1. The number of hydrogen-bond acceptors (Lipinski definition) is 5. The molecule has 0 amide bonds. The van der Waals surface area contributed by atoms with Crippen LogP contribution in [0, 0.1) is 0 Å². The number of ether oxygens (including phenoxy) is 1. The Morgan fingerprint density at radius 3 is 2.38 bits per heavy atom. The Morgan fingerprint density at radius 2 is 1.72 bits per heavy atom. The van der Waals surface area contributed by atoms with E-state index < -0.39 is 5.97 Å². The Kier molecular flexibility index (Phi) is 5.92. The largest absolute Gasteiger partial charge is 0.478 e. The zero-order chi connectivity index (χ0) is 21.0. The highest BCUT2D eigenvalue weighted by molar-refractivity contribution is 5.88. The lowest BCUT2D eigenvalue weighted by Gasteiger charge is -2.32. The monoisotopic (exact) mass is 392 g/mol. The highest BCUT2D eigenvalue weighted by Crippen LogP contribution is 2.41. The Hall–Kier alpha value is -3.28. The summed E-state index contributed by atoms with van der Waals surface area (Å²) in [6.07, 6.45) is 3.19. The van der Waals surface area contributed by atoms with Gasteiger partial charge in [0.15, 0.2) is 0 Å². The van der Waals surface area contributed by atoms with Crippen LogP contribution in [0.15, 0.2) is 58.8 Å². The van der Waals surface area contributed by atoms with Crippen LogP contribution in [0.1, 0.15) is 55.1 Å². The molecule has 0 radical (unpaired) electrons. The molecule has 1 aliphatic carbocycles. The molecule has 0 bridgehead atoms. The molecule has 0 saturated carbocycles. The van der Waals surface area contributed by atoms with Crippen LogP contribution < -0.4 is 0 Å². The van der Waals surface area contributed by atoms with Crippen LogP contribution in [-0.4, -0.2) is 23.7 Å². The van der Waals surface area contributed by atoms with Crippen LogP contribution in [0.25, 0.3) is 5.57 Å². The van der Waals surface area contributed by atoms with Crippen molar-refractivity contribution >= 4 is 28.9 Å². The number of azo groups is 1. The van der Waals surface area contributed by atoms with Gasteiger partial charge in [-0.05, 0) is 71.9 Å². The Bertz CT molecular complexity index is 988. The first-order chi connectivity index (χ1) is 13.8. The van der Waals surface area contributed by atoms with Crippen molar-refractivity contribution in [3.63, 3.8) is 0 Å². The van der Waals surface area contributed by atoms with Gasteiger partial charge >= 0.3 is 11.9 Å². The van der Waals surface area contributed by atoms with E-state index in [1.165, 1.54) is 17.7 Å². The summed E-state index contributed by atoms with van der Waals surface area (Å²) in [6.45, 7) is 6.51. The normalized spacial score (nSPS) is 14.9. The van der Waals surface area contributed by atoms with Crippen molar-refractivity contribution in [2.24, 2.45) is 10.2 Å². The summed E-state index contributed by atoms with van der Waals surface area (Å²) in [5, 5.41) is 17.5. The lowest BCUT2D eigenvalue weighted by molar-refractivity contribution is -0.141. The van der Waals surface area contributed by atoms with Crippen molar-refractivity contribution < 1.29 is 19.4 Å². The van der Waals surface area contributed by atoms with E-state index in [9.17, 15) is 9.59 Å². The summed E-state index contributed by atoms with van der Waals surface area (Å²) in [5.74, 6) is -1.22. The van der Waals surface area contributed by atoms with Gasteiger partial charge in [-0.3, -0.25) is 4.79 Å². The summed E-state index contributed by atoms with van der Waals surface area (Å²) in [6, 6.07) is 12.1. The maximum absolute atomic E-state index is 12.0. The zero-order valence-electron chi connectivity index (χ0n) is 16.8. The topological polar surface area (TPSA) is 88.3 Å². The second-order valence-corrected chi connectivity index (χ2v) is 7.58. The van der Waals surface area contributed by atoms with Crippen LogP contribution in [-0.2, 0) is 14.9 Å². The number of hydrogen-bond donors (Lipinski definition) is 1. The first-order valence-corrected chi connectivity index (χ1v) is 9.55. The van der Waals surface area contributed by atoms with Crippen LogP contribution in [0.4, 0.5) is 11.4 Å². The average molecular weight is 392 g/mol. The van der Waals surface area contributed by atoms with Crippen LogP contribution >= 0.6 is 0 Å². The molecule has 29 heavy (non-hydrogen) atoms. The molecular weight excluding hydrogens is 368 g/mol. The lowest BCUT2D eigenvalue weighted by Crippen LogP contribution is -2.22. The number of fused-ring (bicyclic) bond motifs is 1. The number of allylic oxidation sites excluding steroid dienone is 1. The number of rotatable bonds is 6. The molecule has 0 spiro atoms. The third-order valence-electron chi connectivity index (χ3n) is 4.97. The van der Waals surface area contributed by atoms with E-state index in [0.29, 0.717) is 18.0 Å². The number of carbonyl (C=O) groups excluding carboxylic acids is 1. The van der Waals surface area contributed by atoms with Crippen molar-refractivity contribution in [1.29, 1.82) is 0 Å². The molecule has 0 fully saturated rings. The summed E-state index contributed by atoms with van der Waals surface area (Å²) < 4.78 is 5.11. The van der Waals surface area contributed by atoms with Gasteiger partial charge in [0.25, 0.3) is 0 Å². The predicted molar refractivity (Wildman–Crippen MR) is 111 cm³/mol. The molecule has 6 nitrogen and oxygen atoms in total. The van der Waals surface area contributed by atoms with Crippen molar-refractivity contribution in [2.45, 2.75) is 39.0 Å². The summed E-state index contributed by atoms with van der Waals surface area (Å²) in [7, 11) is 0. The van der Waals surface area contributed by atoms with Crippen LogP contribution in [0.3, 0.4) is 0 Å². The van der Waals surface area contributed by atoms with Gasteiger partial charge < -0.3 is 9.84 Å². The Balaban J connectivity index is 1.88. The summed E-state index contributed by atoms with van der Waals surface area (Å²) >= 11 is 0. The molecule has 150 valence electrons. The van der Waals surface area contributed by atoms with Gasteiger partial charge in [0, 0.05) is 0 Å². The van der Waals surface area contributed by atoms with Crippen molar-refractivity contribution in [3.05, 3.63) is 65.2 Å². The molecule has 2 aromatic carbocycles.